The zero-order valence-electron chi connectivity index (χ0n) is 20.3. The summed E-state index contributed by atoms with van der Waals surface area (Å²) in [4.78, 5) is 12.1. The Morgan fingerprint density at radius 1 is 1.00 bits per heavy atom. The number of benzene rings is 1. The lowest BCUT2D eigenvalue weighted by atomic mass is 9.87. The first-order valence-electron chi connectivity index (χ1n) is 12.5. The van der Waals surface area contributed by atoms with Crippen LogP contribution in [-0.4, -0.2) is 68.7 Å². The van der Waals surface area contributed by atoms with E-state index in [9.17, 15) is 0 Å². The van der Waals surface area contributed by atoms with Crippen molar-refractivity contribution >= 4 is 11.6 Å². The van der Waals surface area contributed by atoms with Crippen LogP contribution in [0.25, 0.3) is 11.1 Å². The van der Waals surface area contributed by atoms with Crippen LogP contribution < -0.4 is 15.0 Å². The monoisotopic (exact) mass is 468 g/mol. The standard InChI is InChI=1S/C26H36N4O4/c1-18-3-7-20(8-4-18)27-26-28-23(17-31-2)24(25(29-26)34-22-15-33-16-22)19-5-9-21(10-6-19)30-11-13-32-14-12-30/h5-6,9-10,18,20,22H,3-4,7-8,11-17H2,1-2H3,(H,27,28,29). The molecule has 1 saturated carbocycles. The molecular weight excluding hydrogens is 432 g/mol. The number of hydrogen-bond donors (Lipinski definition) is 1. The predicted octanol–water partition coefficient (Wildman–Crippen LogP) is 3.89. The van der Waals surface area contributed by atoms with E-state index in [1.54, 1.807) is 7.11 Å². The number of rotatable bonds is 8. The van der Waals surface area contributed by atoms with Gasteiger partial charge in [0.25, 0.3) is 0 Å². The molecule has 2 aliphatic heterocycles. The second-order valence-corrected chi connectivity index (χ2v) is 9.63. The lowest BCUT2D eigenvalue weighted by molar-refractivity contribution is -0.0811. The normalized spacial score (nSPS) is 23.4. The van der Waals surface area contributed by atoms with Crippen LogP contribution >= 0.6 is 0 Å². The van der Waals surface area contributed by atoms with Crippen molar-refractivity contribution in [3.05, 3.63) is 30.0 Å². The number of morpholine rings is 1. The van der Waals surface area contributed by atoms with Gasteiger partial charge in [0, 0.05) is 31.9 Å². The van der Waals surface area contributed by atoms with Crippen LogP contribution in [-0.2, 0) is 20.8 Å². The van der Waals surface area contributed by atoms with Crippen molar-refractivity contribution in [2.75, 3.05) is 56.8 Å². The summed E-state index contributed by atoms with van der Waals surface area (Å²) in [6.45, 7) is 7.24. The van der Waals surface area contributed by atoms with Crippen LogP contribution in [0.4, 0.5) is 11.6 Å². The summed E-state index contributed by atoms with van der Waals surface area (Å²) < 4.78 is 22.7. The van der Waals surface area contributed by atoms with Gasteiger partial charge in [-0.3, -0.25) is 0 Å². The molecule has 184 valence electrons. The number of nitrogens with one attached hydrogen (secondary N) is 1. The molecule has 0 atom stereocenters. The quantitative estimate of drug-likeness (QED) is 0.625. The van der Waals surface area contributed by atoms with E-state index in [-0.39, 0.29) is 6.10 Å². The maximum atomic E-state index is 6.32. The summed E-state index contributed by atoms with van der Waals surface area (Å²) in [5.74, 6) is 2.01. The molecule has 0 amide bonds. The van der Waals surface area contributed by atoms with Crippen molar-refractivity contribution in [2.24, 2.45) is 5.92 Å². The molecule has 3 heterocycles. The third-order valence-electron chi connectivity index (χ3n) is 7.00. The molecule has 8 heteroatoms. The molecule has 1 N–H and O–H groups in total. The number of ether oxygens (including phenoxy) is 4. The van der Waals surface area contributed by atoms with Crippen LogP contribution in [0.2, 0.25) is 0 Å². The summed E-state index contributed by atoms with van der Waals surface area (Å²) >= 11 is 0. The van der Waals surface area contributed by atoms with E-state index in [1.807, 2.05) is 0 Å². The van der Waals surface area contributed by atoms with Gasteiger partial charge in [0.15, 0.2) is 0 Å². The van der Waals surface area contributed by atoms with Crippen LogP contribution in [0.1, 0.15) is 38.3 Å². The Bertz CT molecular complexity index is 937. The first-order chi connectivity index (χ1) is 16.7. The first kappa shape index (κ1) is 23.3. The molecule has 1 aliphatic carbocycles. The number of aromatic nitrogens is 2. The fraction of sp³-hybridized carbons (Fsp3) is 0.615. The molecule has 0 spiro atoms. The largest absolute Gasteiger partial charge is 0.469 e. The minimum absolute atomic E-state index is 0.0139. The van der Waals surface area contributed by atoms with Crippen molar-refractivity contribution in [2.45, 2.75) is 51.4 Å². The second-order valence-electron chi connectivity index (χ2n) is 9.63. The summed E-state index contributed by atoms with van der Waals surface area (Å²) in [7, 11) is 1.70. The summed E-state index contributed by atoms with van der Waals surface area (Å²) in [6, 6.07) is 8.96. The summed E-state index contributed by atoms with van der Waals surface area (Å²) in [5.41, 5.74) is 3.95. The second kappa shape index (κ2) is 10.9. The van der Waals surface area contributed by atoms with E-state index in [2.05, 4.69) is 41.4 Å². The molecule has 1 aromatic heterocycles. The third-order valence-corrected chi connectivity index (χ3v) is 7.00. The molecule has 8 nitrogen and oxygen atoms in total. The summed E-state index contributed by atoms with van der Waals surface area (Å²) in [6.07, 6.45) is 4.76. The molecule has 1 aromatic carbocycles. The number of anilines is 2. The van der Waals surface area contributed by atoms with Crippen LogP contribution in [0.5, 0.6) is 5.88 Å². The van der Waals surface area contributed by atoms with Gasteiger partial charge in [0.05, 0.1) is 44.3 Å². The van der Waals surface area contributed by atoms with E-state index >= 15 is 0 Å². The SMILES string of the molecule is COCc1nc(NC2CCC(C)CC2)nc(OC2COC2)c1-c1ccc(N2CCOCC2)cc1. The average Bonchev–Trinajstić information content (AvgIpc) is 2.84. The Kier molecular flexibility index (Phi) is 7.47. The molecule has 0 bridgehead atoms. The highest BCUT2D eigenvalue weighted by atomic mass is 16.6. The molecule has 2 saturated heterocycles. The van der Waals surface area contributed by atoms with Gasteiger partial charge >= 0.3 is 0 Å². The van der Waals surface area contributed by atoms with Gasteiger partial charge in [0.2, 0.25) is 11.8 Å². The molecular formula is C26H36N4O4. The van der Waals surface area contributed by atoms with Crippen LogP contribution in [0, 0.1) is 5.92 Å². The van der Waals surface area contributed by atoms with Crippen molar-refractivity contribution in [1.29, 1.82) is 0 Å². The Balaban J connectivity index is 1.45. The van der Waals surface area contributed by atoms with Gasteiger partial charge in [-0.1, -0.05) is 19.1 Å². The highest BCUT2D eigenvalue weighted by Crippen LogP contribution is 2.36. The van der Waals surface area contributed by atoms with Gasteiger partial charge < -0.3 is 29.2 Å². The Hall–Kier alpha value is -2.42. The Labute approximate surface area is 202 Å². The molecule has 34 heavy (non-hydrogen) atoms. The highest BCUT2D eigenvalue weighted by molar-refractivity contribution is 5.73. The predicted molar refractivity (Wildman–Crippen MR) is 131 cm³/mol. The minimum Gasteiger partial charge on any atom is -0.469 e. The van der Waals surface area contributed by atoms with Gasteiger partial charge in [-0.25, -0.2) is 4.98 Å². The topological polar surface area (TPSA) is 78.0 Å². The van der Waals surface area contributed by atoms with Crippen molar-refractivity contribution in [3.8, 4) is 17.0 Å². The lowest BCUT2D eigenvalue weighted by Gasteiger charge is -2.30. The van der Waals surface area contributed by atoms with Crippen LogP contribution in [0.3, 0.4) is 0 Å². The average molecular weight is 469 g/mol. The van der Waals surface area contributed by atoms with Crippen molar-refractivity contribution in [1.82, 2.24) is 9.97 Å². The number of hydrogen-bond acceptors (Lipinski definition) is 8. The van der Waals surface area contributed by atoms with Gasteiger partial charge in [0.1, 0.15) is 6.10 Å². The minimum atomic E-state index is 0.0139. The van der Waals surface area contributed by atoms with Gasteiger partial charge in [-0.05, 0) is 49.3 Å². The van der Waals surface area contributed by atoms with E-state index in [4.69, 9.17) is 28.9 Å². The third kappa shape index (κ3) is 5.45. The molecule has 2 aromatic rings. The van der Waals surface area contributed by atoms with Crippen molar-refractivity contribution < 1.29 is 18.9 Å². The molecule has 3 aliphatic rings. The van der Waals surface area contributed by atoms with E-state index in [0.717, 1.165) is 61.9 Å². The molecule has 0 radical (unpaired) electrons. The van der Waals surface area contributed by atoms with Crippen LogP contribution in [0.15, 0.2) is 24.3 Å². The number of methoxy groups -OCH3 is 1. The van der Waals surface area contributed by atoms with E-state index in [0.29, 0.717) is 37.7 Å². The first-order valence-corrected chi connectivity index (χ1v) is 12.5. The van der Waals surface area contributed by atoms with Gasteiger partial charge in [-0.15, -0.1) is 0 Å². The van der Waals surface area contributed by atoms with Gasteiger partial charge in [-0.2, -0.15) is 4.98 Å². The summed E-state index contributed by atoms with van der Waals surface area (Å²) in [5, 5.41) is 3.57. The van der Waals surface area contributed by atoms with E-state index in [1.165, 1.54) is 18.5 Å². The lowest BCUT2D eigenvalue weighted by Crippen LogP contribution is -2.39. The smallest absolute Gasteiger partial charge is 0.227 e. The highest BCUT2D eigenvalue weighted by Gasteiger charge is 2.27. The Morgan fingerprint density at radius 2 is 1.74 bits per heavy atom. The Morgan fingerprint density at radius 3 is 2.38 bits per heavy atom. The van der Waals surface area contributed by atoms with Crippen molar-refractivity contribution in [3.63, 3.8) is 0 Å². The number of nitrogens with zero attached hydrogens (tertiary/aromatic N) is 3. The fourth-order valence-electron chi connectivity index (χ4n) is 4.85. The molecule has 0 unspecified atom stereocenters. The fourth-order valence-corrected chi connectivity index (χ4v) is 4.85. The zero-order valence-corrected chi connectivity index (χ0v) is 20.3. The maximum absolute atomic E-state index is 6.32. The zero-order chi connectivity index (χ0) is 23.3. The molecule has 3 fully saturated rings. The maximum Gasteiger partial charge on any atom is 0.227 e. The van der Waals surface area contributed by atoms with E-state index < -0.39 is 0 Å². The molecule has 5 rings (SSSR count).